The third-order valence-electron chi connectivity index (χ3n) is 4.47. The molecule has 0 radical (unpaired) electrons. The fourth-order valence-corrected chi connectivity index (χ4v) is 3.36. The summed E-state index contributed by atoms with van der Waals surface area (Å²) in [4.78, 5) is 0. The van der Waals surface area contributed by atoms with E-state index in [1.165, 1.54) is 24.0 Å². The molecular weight excluding hydrogens is 228 g/mol. The maximum Gasteiger partial charge on any atom is -0.00174 e. The summed E-state index contributed by atoms with van der Waals surface area (Å²) < 4.78 is 0. The number of rotatable bonds is 1. The monoisotopic (exact) mass is 250 g/mol. The summed E-state index contributed by atoms with van der Waals surface area (Å²) in [7, 11) is 0. The van der Waals surface area contributed by atoms with Gasteiger partial charge in [0.2, 0.25) is 0 Å². The second-order valence-corrected chi connectivity index (χ2v) is 5.70. The summed E-state index contributed by atoms with van der Waals surface area (Å²) in [6.45, 7) is 2.16. The van der Waals surface area contributed by atoms with Crippen molar-refractivity contribution in [1.82, 2.24) is 0 Å². The van der Waals surface area contributed by atoms with Crippen LogP contribution >= 0.6 is 0 Å². The average molecular weight is 250 g/mol. The van der Waals surface area contributed by atoms with Gasteiger partial charge in [0, 0.05) is 0 Å². The third kappa shape index (κ3) is 2.73. The van der Waals surface area contributed by atoms with Crippen molar-refractivity contribution in [2.24, 2.45) is 11.8 Å². The molecule has 2 bridgehead atoms. The molecule has 4 aliphatic carbocycles. The highest BCUT2D eigenvalue weighted by atomic mass is 14.3. The number of fused-ring (bicyclic) bond motifs is 2. The Hall–Kier alpha value is -1.56. The lowest BCUT2D eigenvalue weighted by Crippen LogP contribution is -1.90. The van der Waals surface area contributed by atoms with Crippen molar-refractivity contribution in [3.8, 4) is 0 Å². The molecule has 0 aromatic carbocycles. The van der Waals surface area contributed by atoms with Crippen LogP contribution in [0, 0.1) is 11.8 Å². The molecule has 2 atom stereocenters. The van der Waals surface area contributed by atoms with Gasteiger partial charge in [-0.2, -0.15) is 0 Å². The van der Waals surface area contributed by atoms with E-state index in [2.05, 4.69) is 61.6 Å². The van der Waals surface area contributed by atoms with Crippen molar-refractivity contribution in [2.45, 2.75) is 32.6 Å². The smallest absolute Gasteiger partial charge is 0.00174 e. The molecule has 4 aliphatic rings. The van der Waals surface area contributed by atoms with Crippen molar-refractivity contribution in [3.05, 3.63) is 71.4 Å². The zero-order valence-corrected chi connectivity index (χ0v) is 11.7. The topological polar surface area (TPSA) is 0 Å². The standard InChI is InChI=1S/C10H10.C9H12/c1-2-6-9(5-1)10-7-3-4-8-10;1-2-8-5-7-3-4-9(8)6-7/h1-5,7H,6,8H2;2-4,7,9H,5-6H2,1H3. The first kappa shape index (κ1) is 12.5. The van der Waals surface area contributed by atoms with Gasteiger partial charge in [-0.05, 0) is 55.6 Å². The maximum absolute atomic E-state index is 2.37. The molecule has 0 N–H and O–H groups in total. The van der Waals surface area contributed by atoms with E-state index in [1.54, 1.807) is 5.57 Å². The van der Waals surface area contributed by atoms with Gasteiger partial charge in [0.1, 0.15) is 0 Å². The molecule has 0 heteroatoms. The summed E-state index contributed by atoms with van der Waals surface area (Å²) in [5.74, 6) is 1.74. The van der Waals surface area contributed by atoms with E-state index in [1.807, 2.05) is 0 Å². The quantitative estimate of drug-likeness (QED) is 0.555. The van der Waals surface area contributed by atoms with E-state index >= 15 is 0 Å². The van der Waals surface area contributed by atoms with Gasteiger partial charge in [0.05, 0.1) is 0 Å². The largest absolute Gasteiger partial charge is 0.0878 e. The van der Waals surface area contributed by atoms with Crippen LogP contribution in [0.1, 0.15) is 32.6 Å². The van der Waals surface area contributed by atoms with Crippen molar-refractivity contribution in [1.29, 1.82) is 0 Å². The first-order valence-corrected chi connectivity index (χ1v) is 7.42. The second kappa shape index (κ2) is 5.61. The molecule has 0 amide bonds. The summed E-state index contributed by atoms with van der Waals surface area (Å²) in [5.41, 5.74) is 4.65. The fraction of sp³-hybridized carbons (Fsp3) is 0.368. The minimum absolute atomic E-state index is 0.833. The highest BCUT2D eigenvalue weighted by Crippen LogP contribution is 2.42. The van der Waals surface area contributed by atoms with Crippen LogP contribution in [0.2, 0.25) is 0 Å². The predicted octanol–water partition coefficient (Wildman–Crippen LogP) is 5.29. The zero-order chi connectivity index (χ0) is 13.1. The Morgan fingerprint density at radius 1 is 1.00 bits per heavy atom. The molecule has 4 rings (SSSR count). The van der Waals surface area contributed by atoms with Crippen LogP contribution in [-0.4, -0.2) is 0 Å². The van der Waals surface area contributed by atoms with E-state index in [4.69, 9.17) is 0 Å². The molecule has 1 saturated carbocycles. The molecule has 0 aromatic heterocycles. The van der Waals surface area contributed by atoms with Crippen LogP contribution in [0.3, 0.4) is 0 Å². The summed E-state index contributed by atoms with van der Waals surface area (Å²) in [5, 5.41) is 0. The van der Waals surface area contributed by atoms with Crippen molar-refractivity contribution in [3.63, 3.8) is 0 Å². The lowest BCUT2D eigenvalue weighted by Gasteiger charge is -2.05. The number of allylic oxidation sites excluding steroid dienone is 12. The lowest BCUT2D eigenvalue weighted by molar-refractivity contribution is 0.693. The van der Waals surface area contributed by atoms with Gasteiger partial charge in [0.25, 0.3) is 0 Å². The minimum atomic E-state index is 0.833. The van der Waals surface area contributed by atoms with Crippen molar-refractivity contribution in [2.75, 3.05) is 0 Å². The molecule has 0 nitrogen and oxygen atoms in total. The molecule has 0 heterocycles. The molecule has 98 valence electrons. The second-order valence-electron chi connectivity index (χ2n) is 5.70. The van der Waals surface area contributed by atoms with Gasteiger partial charge in [-0.1, -0.05) is 60.3 Å². The van der Waals surface area contributed by atoms with Gasteiger partial charge in [-0.15, -0.1) is 0 Å². The Labute approximate surface area is 116 Å². The van der Waals surface area contributed by atoms with E-state index in [0.717, 1.165) is 24.7 Å². The average Bonchev–Trinajstić information content (AvgIpc) is 3.21. The Bertz CT molecular complexity index is 492. The normalized spacial score (nSPS) is 31.7. The Kier molecular flexibility index (Phi) is 3.68. The van der Waals surface area contributed by atoms with Crippen LogP contribution in [0.5, 0.6) is 0 Å². The van der Waals surface area contributed by atoms with Gasteiger partial charge in [-0.3, -0.25) is 0 Å². The third-order valence-corrected chi connectivity index (χ3v) is 4.47. The van der Waals surface area contributed by atoms with Crippen LogP contribution in [-0.2, 0) is 0 Å². The SMILES string of the molecule is C1=CCC(C2=CC=CC2)=C1.CC=C1CC2C=CC1C2. The number of hydrogen-bond donors (Lipinski definition) is 0. The van der Waals surface area contributed by atoms with E-state index in [0.29, 0.717) is 0 Å². The summed E-state index contributed by atoms with van der Waals surface area (Å²) >= 11 is 0. The molecule has 0 saturated heterocycles. The van der Waals surface area contributed by atoms with Gasteiger partial charge < -0.3 is 0 Å². The Morgan fingerprint density at radius 3 is 2.00 bits per heavy atom. The molecule has 0 aliphatic heterocycles. The van der Waals surface area contributed by atoms with Crippen LogP contribution < -0.4 is 0 Å². The van der Waals surface area contributed by atoms with Gasteiger partial charge in [0.15, 0.2) is 0 Å². The van der Waals surface area contributed by atoms with Gasteiger partial charge >= 0.3 is 0 Å². The first-order chi connectivity index (χ1) is 9.36. The van der Waals surface area contributed by atoms with Gasteiger partial charge in [-0.25, -0.2) is 0 Å². The zero-order valence-electron chi connectivity index (χ0n) is 11.7. The number of hydrogen-bond acceptors (Lipinski definition) is 0. The Balaban J connectivity index is 0.000000117. The highest BCUT2D eigenvalue weighted by molar-refractivity contribution is 5.44. The van der Waals surface area contributed by atoms with E-state index in [9.17, 15) is 0 Å². The molecule has 2 unspecified atom stereocenters. The first-order valence-electron chi connectivity index (χ1n) is 7.42. The van der Waals surface area contributed by atoms with E-state index < -0.39 is 0 Å². The van der Waals surface area contributed by atoms with Crippen LogP contribution in [0.4, 0.5) is 0 Å². The van der Waals surface area contributed by atoms with E-state index in [-0.39, 0.29) is 0 Å². The lowest BCUT2D eigenvalue weighted by atomic mass is 10.0. The molecule has 19 heavy (non-hydrogen) atoms. The van der Waals surface area contributed by atoms with Crippen LogP contribution in [0.25, 0.3) is 0 Å². The summed E-state index contributed by atoms with van der Waals surface area (Å²) in [6, 6.07) is 0. The molecule has 0 spiro atoms. The molecule has 0 aromatic rings. The van der Waals surface area contributed by atoms with Crippen molar-refractivity contribution < 1.29 is 0 Å². The van der Waals surface area contributed by atoms with Crippen molar-refractivity contribution >= 4 is 0 Å². The minimum Gasteiger partial charge on any atom is -0.0878 e. The summed E-state index contributed by atoms with van der Waals surface area (Å²) in [6.07, 6.45) is 25.1. The predicted molar refractivity (Wildman–Crippen MR) is 82.8 cm³/mol. The highest BCUT2D eigenvalue weighted by Gasteiger charge is 2.29. The molecular formula is C19H22. The Morgan fingerprint density at radius 2 is 1.68 bits per heavy atom. The molecule has 1 fully saturated rings. The maximum atomic E-state index is 2.37. The van der Waals surface area contributed by atoms with Crippen LogP contribution in [0.15, 0.2) is 71.4 Å². The fourth-order valence-electron chi connectivity index (χ4n) is 3.36.